The van der Waals surface area contributed by atoms with Gasteiger partial charge in [-0.1, -0.05) is 30.3 Å². The fourth-order valence-corrected chi connectivity index (χ4v) is 2.87. The van der Waals surface area contributed by atoms with E-state index in [1.165, 1.54) is 0 Å². The summed E-state index contributed by atoms with van der Waals surface area (Å²) in [6.07, 6.45) is 0. The van der Waals surface area contributed by atoms with Crippen LogP contribution in [0.3, 0.4) is 0 Å². The summed E-state index contributed by atoms with van der Waals surface area (Å²) in [5.74, 6) is -1.23. The minimum Gasteiger partial charge on any atom is -0.383 e. The summed E-state index contributed by atoms with van der Waals surface area (Å²) in [6, 6.07) is 12.0. The highest BCUT2D eigenvalue weighted by atomic mass is 16.5. The van der Waals surface area contributed by atoms with Gasteiger partial charge in [-0.2, -0.15) is 5.26 Å². The van der Waals surface area contributed by atoms with E-state index in [1.807, 2.05) is 42.2 Å². The minimum atomic E-state index is -1.23. The molecule has 1 aromatic carbocycles. The number of nitrogens with one attached hydrogen (secondary N) is 1. The molecule has 0 saturated heterocycles. The van der Waals surface area contributed by atoms with Crippen LogP contribution in [0.4, 0.5) is 0 Å². The number of nitrogens with zero attached hydrogens (tertiary/aromatic N) is 3. The average molecular weight is 343 g/mol. The number of benzene rings is 1. The van der Waals surface area contributed by atoms with Crippen LogP contribution in [-0.4, -0.2) is 56.9 Å². The molecule has 0 fully saturated rings. The van der Waals surface area contributed by atoms with Crippen LogP contribution in [-0.2, 0) is 9.47 Å². The Kier molecular flexibility index (Phi) is 6.67. The van der Waals surface area contributed by atoms with Crippen molar-refractivity contribution in [3.05, 3.63) is 41.6 Å². The standard InChI is InChI=1S/C18H25N5O2/c1-14-17(15-7-5-4-6-8-15)23(10-12-25-3)18(20,16(13-19)22-14)21-9-11-24-2/h4-8,21H,9-12,20H2,1-3H3. The Morgan fingerprint density at radius 2 is 1.92 bits per heavy atom. The predicted octanol–water partition coefficient (Wildman–Crippen LogP) is 1.15. The van der Waals surface area contributed by atoms with Gasteiger partial charge in [0, 0.05) is 27.3 Å². The molecule has 1 atom stereocenters. The number of nitrogens with two attached hydrogens (primary N) is 1. The molecule has 0 saturated carbocycles. The monoisotopic (exact) mass is 343 g/mol. The summed E-state index contributed by atoms with van der Waals surface area (Å²) in [5.41, 5.74) is 9.47. The molecule has 0 aromatic heterocycles. The van der Waals surface area contributed by atoms with Gasteiger partial charge in [-0.15, -0.1) is 0 Å². The first-order chi connectivity index (χ1) is 12.1. The van der Waals surface area contributed by atoms with Crippen LogP contribution in [0.15, 0.2) is 41.0 Å². The lowest BCUT2D eigenvalue weighted by Gasteiger charge is -2.45. The van der Waals surface area contributed by atoms with Crippen molar-refractivity contribution in [2.45, 2.75) is 12.7 Å². The molecule has 0 spiro atoms. The van der Waals surface area contributed by atoms with Gasteiger partial charge < -0.3 is 14.4 Å². The van der Waals surface area contributed by atoms with Crippen LogP contribution in [0.25, 0.3) is 5.70 Å². The number of hydrogen-bond donors (Lipinski definition) is 2. The maximum absolute atomic E-state index is 9.59. The Balaban J connectivity index is 2.51. The fourth-order valence-electron chi connectivity index (χ4n) is 2.87. The molecule has 3 N–H and O–H groups in total. The van der Waals surface area contributed by atoms with E-state index in [0.717, 1.165) is 17.0 Å². The Morgan fingerprint density at radius 1 is 1.24 bits per heavy atom. The maximum Gasteiger partial charge on any atom is 0.199 e. The molecule has 7 nitrogen and oxygen atoms in total. The molecule has 1 aliphatic heterocycles. The molecule has 7 heteroatoms. The highest BCUT2D eigenvalue weighted by Gasteiger charge is 2.42. The Labute approximate surface area is 148 Å². The second kappa shape index (κ2) is 8.74. The molecule has 2 rings (SSSR count). The minimum absolute atomic E-state index is 0.219. The Hall–Kier alpha value is -2.24. The quantitative estimate of drug-likeness (QED) is 0.543. The number of rotatable bonds is 8. The first-order valence-electron chi connectivity index (χ1n) is 8.13. The molecule has 134 valence electrons. The molecule has 0 aliphatic carbocycles. The van der Waals surface area contributed by atoms with E-state index in [0.29, 0.717) is 26.3 Å². The van der Waals surface area contributed by atoms with E-state index in [9.17, 15) is 5.26 Å². The average Bonchev–Trinajstić information content (AvgIpc) is 2.63. The van der Waals surface area contributed by atoms with Crippen molar-refractivity contribution < 1.29 is 9.47 Å². The molecular formula is C18H25N5O2. The largest absolute Gasteiger partial charge is 0.383 e. The van der Waals surface area contributed by atoms with Crippen LogP contribution in [0.2, 0.25) is 0 Å². The van der Waals surface area contributed by atoms with E-state index in [4.69, 9.17) is 15.2 Å². The lowest BCUT2D eigenvalue weighted by molar-refractivity contribution is 0.114. The van der Waals surface area contributed by atoms with Crippen LogP contribution >= 0.6 is 0 Å². The first kappa shape index (κ1) is 19.1. The number of ether oxygens (including phenoxy) is 2. The van der Waals surface area contributed by atoms with Gasteiger partial charge in [0.15, 0.2) is 11.5 Å². The second-order valence-corrected chi connectivity index (χ2v) is 5.70. The number of allylic oxidation sites excluding steroid dienone is 1. The van der Waals surface area contributed by atoms with Crippen molar-refractivity contribution in [1.29, 1.82) is 5.26 Å². The Bertz CT molecular complexity index is 680. The number of methoxy groups -OCH3 is 2. The van der Waals surface area contributed by atoms with Crippen molar-refractivity contribution in [3.8, 4) is 6.07 Å². The first-order valence-corrected chi connectivity index (χ1v) is 8.13. The van der Waals surface area contributed by atoms with Crippen molar-refractivity contribution in [1.82, 2.24) is 10.2 Å². The third kappa shape index (κ3) is 4.06. The van der Waals surface area contributed by atoms with Gasteiger partial charge in [-0.25, -0.2) is 4.99 Å². The summed E-state index contributed by atoms with van der Waals surface area (Å²) in [5, 5.41) is 12.8. The predicted molar refractivity (Wildman–Crippen MR) is 97.5 cm³/mol. The fraction of sp³-hybridized carbons (Fsp3) is 0.444. The van der Waals surface area contributed by atoms with Crippen molar-refractivity contribution in [3.63, 3.8) is 0 Å². The lowest BCUT2D eigenvalue weighted by Crippen LogP contribution is -2.71. The van der Waals surface area contributed by atoms with Crippen LogP contribution in [0.1, 0.15) is 12.5 Å². The van der Waals surface area contributed by atoms with Gasteiger partial charge in [0.05, 0.1) is 24.6 Å². The summed E-state index contributed by atoms with van der Waals surface area (Å²) in [7, 11) is 3.26. The topological polar surface area (TPSA) is 95.9 Å². The lowest BCUT2D eigenvalue weighted by atomic mass is 10.0. The summed E-state index contributed by atoms with van der Waals surface area (Å²) in [4.78, 5) is 6.42. The molecular weight excluding hydrogens is 318 g/mol. The molecule has 1 heterocycles. The third-order valence-corrected chi connectivity index (χ3v) is 4.05. The smallest absolute Gasteiger partial charge is 0.199 e. The van der Waals surface area contributed by atoms with Gasteiger partial charge in [-0.05, 0) is 12.5 Å². The summed E-state index contributed by atoms with van der Waals surface area (Å²) in [6.45, 7) is 3.81. The van der Waals surface area contributed by atoms with E-state index < -0.39 is 5.79 Å². The number of hydrogen-bond acceptors (Lipinski definition) is 7. The summed E-state index contributed by atoms with van der Waals surface area (Å²) >= 11 is 0. The zero-order valence-corrected chi connectivity index (χ0v) is 15.0. The molecule has 1 aliphatic rings. The van der Waals surface area contributed by atoms with Gasteiger partial charge in [0.25, 0.3) is 0 Å². The van der Waals surface area contributed by atoms with E-state index in [-0.39, 0.29) is 5.71 Å². The van der Waals surface area contributed by atoms with Crippen molar-refractivity contribution >= 4 is 11.4 Å². The third-order valence-electron chi connectivity index (χ3n) is 4.05. The highest BCUT2D eigenvalue weighted by molar-refractivity contribution is 6.08. The zero-order valence-electron chi connectivity index (χ0n) is 15.0. The van der Waals surface area contributed by atoms with Gasteiger partial charge in [0.1, 0.15) is 6.07 Å². The van der Waals surface area contributed by atoms with Crippen molar-refractivity contribution in [2.24, 2.45) is 10.7 Å². The van der Waals surface area contributed by atoms with Crippen LogP contribution in [0.5, 0.6) is 0 Å². The molecule has 0 bridgehead atoms. The molecule has 0 radical (unpaired) electrons. The van der Waals surface area contributed by atoms with Crippen molar-refractivity contribution in [2.75, 3.05) is 40.5 Å². The van der Waals surface area contributed by atoms with Gasteiger partial charge in [-0.3, -0.25) is 11.1 Å². The van der Waals surface area contributed by atoms with E-state index in [2.05, 4.69) is 16.4 Å². The Morgan fingerprint density at radius 3 is 2.52 bits per heavy atom. The van der Waals surface area contributed by atoms with Gasteiger partial charge >= 0.3 is 0 Å². The van der Waals surface area contributed by atoms with E-state index in [1.54, 1.807) is 14.2 Å². The second-order valence-electron chi connectivity index (χ2n) is 5.70. The van der Waals surface area contributed by atoms with Crippen LogP contribution < -0.4 is 11.1 Å². The van der Waals surface area contributed by atoms with Crippen LogP contribution in [0, 0.1) is 11.3 Å². The molecule has 1 aromatic rings. The number of nitriles is 1. The SMILES string of the molecule is COCCNC1(N)C(C#N)=NC(C)=C(c2ccccc2)N1CCOC. The zero-order chi connectivity index (χ0) is 18.3. The normalized spacial score (nSPS) is 20.4. The molecule has 1 unspecified atom stereocenters. The molecule has 0 amide bonds. The number of aliphatic imine (C=N–C) groups is 1. The summed E-state index contributed by atoms with van der Waals surface area (Å²) < 4.78 is 10.4. The highest BCUT2D eigenvalue weighted by Crippen LogP contribution is 2.32. The van der Waals surface area contributed by atoms with E-state index >= 15 is 0 Å². The molecule has 25 heavy (non-hydrogen) atoms. The maximum atomic E-state index is 9.59. The van der Waals surface area contributed by atoms with Gasteiger partial charge in [0.2, 0.25) is 0 Å².